The molecule has 0 saturated carbocycles. The molecule has 92 valence electrons. The van der Waals surface area contributed by atoms with Crippen LogP contribution < -0.4 is 5.32 Å². The number of anilines is 1. The van der Waals surface area contributed by atoms with E-state index in [4.69, 9.17) is 11.6 Å². The number of nitrogens with one attached hydrogen (secondary N) is 1. The fourth-order valence-corrected chi connectivity index (χ4v) is 2.58. The molecule has 0 radical (unpaired) electrons. The van der Waals surface area contributed by atoms with E-state index in [1.807, 2.05) is 0 Å². The van der Waals surface area contributed by atoms with Gasteiger partial charge in [0.2, 0.25) is 0 Å². The quantitative estimate of drug-likeness (QED) is 0.804. The van der Waals surface area contributed by atoms with Crippen LogP contribution in [0.3, 0.4) is 0 Å². The smallest absolute Gasteiger partial charge is 0.183 e. The Morgan fingerprint density at radius 1 is 1.50 bits per heavy atom. The minimum atomic E-state index is 0.201. The molecule has 0 amide bonds. The van der Waals surface area contributed by atoms with Crippen molar-refractivity contribution < 1.29 is 0 Å². The molecule has 0 bridgehead atoms. The van der Waals surface area contributed by atoms with Crippen LogP contribution in [-0.4, -0.2) is 16.9 Å². The monoisotopic (exact) mass is 260 g/mol. The van der Waals surface area contributed by atoms with Gasteiger partial charge in [0, 0.05) is 17.3 Å². The number of hydrogen-bond donors (Lipinski definition) is 1. The zero-order chi connectivity index (χ0) is 12.2. The molecule has 0 saturated heterocycles. The summed E-state index contributed by atoms with van der Waals surface area (Å²) >= 11 is 7.52. The van der Waals surface area contributed by atoms with Gasteiger partial charge in [0.1, 0.15) is 0 Å². The second-order valence-electron chi connectivity index (χ2n) is 5.04. The lowest BCUT2D eigenvalue weighted by Gasteiger charge is -2.30. The Morgan fingerprint density at radius 3 is 2.62 bits per heavy atom. The first-order valence-corrected chi connectivity index (χ1v) is 7.15. The average molecular weight is 261 g/mol. The summed E-state index contributed by atoms with van der Waals surface area (Å²) in [5.41, 5.74) is 1.36. The van der Waals surface area contributed by atoms with Crippen LogP contribution in [0.25, 0.3) is 0 Å². The lowest BCUT2D eigenvalue weighted by molar-refractivity contribution is 0.334. The van der Waals surface area contributed by atoms with Crippen molar-refractivity contribution in [3.8, 4) is 0 Å². The van der Waals surface area contributed by atoms with Crippen LogP contribution in [-0.2, 0) is 6.42 Å². The van der Waals surface area contributed by atoms with Crippen molar-refractivity contribution in [1.29, 1.82) is 0 Å². The predicted octanol–water partition coefficient (Wildman–Crippen LogP) is 4.16. The fraction of sp³-hybridized carbons (Fsp3) is 0.750. The highest BCUT2D eigenvalue weighted by atomic mass is 35.5. The number of aromatic nitrogens is 1. The zero-order valence-electron chi connectivity index (χ0n) is 10.5. The summed E-state index contributed by atoms with van der Waals surface area (Å²) in [4.78, 5) is 4.53. The third-order valence-electron chi connectivity index (χ3n) is 2.65. The number of hydrogen-bond acceptors (Lipinski definition) is 3. The van der Waals surface area contributed by atoms with E-state index in [2.05, 4.69) is 43.4 Å². The van der Waals surface area contributed by atoms with E-state index in [9.17, 15) is 0 Å². The molecule has 1 aromatic rings. The van der Waals surface area contributed by atoms with Crippen molar-refractivity contribution >= 4 is 28.1 Å². The van der Waals surface area contributed by atoms with Gasteiger partial charge in [0.05, 0.1) is 5.69 Å². The van der Waals surface area contributed by atoms with Crippen LogP contribution in [0, 0.1) is 5.41 Å². The number of aryl methyl sites for hydroxylation is 1. The number of thiazole rings is 1. The van der Waals surface area contributed by atoms with E-state index >= 15 is 0 Å². The van der Waals surface area contributed by atoms with Gasteiger partial charge in [-0.2, -0.15) is 0 Å². The molecular weight excluding hydrogens is 240 g/mol. The van der Waals surface area contributed by atoms with Crippen molar-refractivity contribution in [3.05, 3.63) is 11.1 Å². The molecule has 0 aliphatic carbocycles. The van der Waals surface area contributed by atoms with Crippen LogP contribution in [0.4, 0.5) is 5.13 Å². The van der Waals surface area contributed by atoms with Gasteiger partial charge in [0.25, 0.3) is 0 Å². The van der Waals surface area contributed by atoms with Crippen molar-refractivity contribution in [2.24, 2.45) is 5.41 Å². The van der Waals surface area contributed by atoms with Crippen LogP contribution in [0.5, 0.6) is 0 Å². The van der Waals surface area contributed by atoms with Gasteiger partial charge >= 0.3 is 0 Å². The van der Waals surface area contributed by atoms with Gasteiger partial charge < -0.3 is 5.32 Å². The molecule has 0 fully saturated rings. The maximum Gasteiger partial charge on any atom is 0.183 e. The first-order chi connectivity index (χ1) is 7.47. The molecule has 2 nitrogen and oxygen atoms in total. The molecule has 1 unspecified atom stereocenters. The zero-order valence-corrected chi connectivity index (χ0v) is 12.1. The predicted molar refractivity (Wildman–Crippen MR) is 73.7 cm³/mol. The van der Waals surface area contributed by atoms with E-state index in [1.54, 1.807) is 11.3 Å². The van der Waals surface area contributed by atoms with Gasteiger partial charge in [-0.25, -0.2) is 4.98 Å². The largest absolute Gasteiger partial charge is 0.358 e. The van der Waals surface area contributed by atoms with E-state index in [1.165, 1.54) is 0 Å². The molecule has 1 heterocycles. The van der Waals surface area contributed by atoms with Crippen LogP contribution in [0.1, 0.15) is 39.8 Å². The minimum absolute atomic E-state index is 0.201. The molecule has 4 heteroatoms. The molecule has 0 aliphatic heterocycles. The first kappa shape index (κ1) is 13.8. The minimum Gasteiger partial charge on any atom is -0.358 e. The fourth-order valence-electron chi connectivity index (χ4n) is 1.52. The first-order valence-electron chi connectivity index (χ1n) is 5.74. The Morgan fingerprint density at radius 2 is 2.19 bits per heavy atom. The normalized spacial score (nSPS) is 13.8. The van der Waals surface area contributed by atoms with Gasteiger partial charge in [-0.1, -0.05) is 27.7 Å². The molecule has 1 rings (SSSR count). The highest BCUT2D eigenvalue weighted by Crippen LogP contribution is 2.27. The Balaban J connectivity index is 2.67. The Kier molecular flexibility index (Phi) is 5.06. The highest BCUT2D eigenvalue weighted by molar-refractivity contribution is 7.13. The van der Waals surface area contributed by atoms with Crippen LogP contribution in [0.2, 0.25) is 0 Å². The molecule has 0 aliphatic rings. The van der Waals surface area contributed by atoms with Gasteiger partial charge in [-0.3, -0.25) is 0 Å². The second kappa shape index (κ2) is 5.87. The van der Waals surface area contributed by atoms with E-state index in [-0.39, 0.29) is 5.41 Å². The summed E-state index contributed by atoms with van der Waals surface area (Å²) in [5, 5.41) is 6.63. The molecule has 1 aromatic heterocycles. The number of halogens is 1. The number of alkyl halides is 1. The summed E-state index contributed by atoms with van der Waals surface area (Å²) < 4.78 is 0. The maximum absolute atomic E-state index is 5.84. The van der Waals surface area contributed by atoms with Crippen LogP contribution >= 0.6 is 22.9 Å². The average Bonchev–Trinajstić information content (AvgIpc) is 2.63. The van der Waals surface area contributed by atoms with Gasteiger partial charge in [0.15, 0.2) is 5.13 Å². The third-order valence-corrected chi connectivity index (χ3v) is 3.70. The van der Waals surface area contributed by atoms with Gasteiger partial charge in [-0.05, 0) is 18.3 Å². The number of rotatable bonds is 5. The van der Waals surface area contributed by atoms with Gasteiger partial charge in [-0.15, -0.1) is 22.9 Å². The number of nitrogens with zero attached hydrogens (tertiary/aromatic N) is 1. The molecule has 1 atom stereocenters. The topological polar surface area (TPSA) is 24.9 Å². The van der Waals surface area contributed by atoms with Crippen molar-refractivity contribution in [1.82, 2.24) is 4.98 Å². The Hall–Kier alpha value is -0.280. The molecule has 0 aromatic carbocycles. The van der Waals surface area contributed by atoms with Crippen molar-refractivity contribution in [3.63, 3.8) is 0 Å². The van der Waals surface area contributed by atoms with Crippen LogP contribution in [0.15, 0.2) is 5.38 Å². The molecular formula is C12H21ClN2S. The summed E-state index contributed by atoms with van der Waals surface area (Å²) in [7, 11) is 0. The Bertz CT molecular complexity index is 317. The van der Waals surface area contributed by atoms with E-state index in [0.29, 0.717) is 11.9 Å². The second-order valence-corrected chi connectivity index (χ2v) is 6.27. The molecule has 16 heavy (non-hydrogen) atoms. The summed E-state index contributed by atoms with van der Waals surface area (Å²) in [6, 6.07) is 0.376. The van der Waals surface area contributed by atoms with E-state index in [0.717, 1.165) is 23.7 Å². The highest BCUT2D eigenvalue weighted by Gasteiger charge is 2.24. The molecule has 1 N–H and O–H groups in total. The Labute approximate surface area is 107 Å². The summed E-state index contributed by atoms with van der Waals surface area (Å²) in [6.07, 6.45) is 1.96. The molecule has 0 spiro atoms. The van der Waals surface area contributed by atoms with E-state index < -0.39 is 0 Å². The lowest BCUT2D eigenvalue weighted by atomic mass is 9.85. The lowest BCUT2D eigenvalue weighted by Crippen LogP contribution is -2.34. The summed E-state index contributed by atoms with van der Waals surface area (Å²) in [5.74, 6) is 0.681. The summed E-state index contributed by atoms with van der Waals surface area (Å²) in [6.45, 7) is 8.81. The third kappa shape index (κ3) is 3.95. The SMILES string of the molecule is CCc1csc(NC(CCCl)C(C)(C)C)n1. The van der Waals surface area contributed by atoms with Crippen molar-refractivity contribution in [2.75, 3.05) is 11.2 Å². The maximum atomic E-state index is 5.84. The standard InChI is InChI=1S/C12H21ClN2S/c1-5-9-8-16-11(14-9)15-10(6-7-13)12(2,3)4/h8,10H,5-7H2,1-4H3,(H,14,15). The van der Waals surface area contributed by atoms with Crippen molar-refractivity contribution in [2.45, 2.75) is 46.6 Å².